The molecule has 0 saturated heterocycles. The summed E-state index contributed by atoms with van der Waals surface area (Å²) in [5.41, 5.74) is 0.361. The highest BCUT2D eigenvalue weighted by Gasteiger charge is 2.28. The number of aliphatic hydroxyl groups is 1. The van der Waals surface area contributed by atoms with Crippen LogP contribution in [0.1, 0.15) is 15.9 Å². The Balaban J connectivity index is 2.77. The molecule has 0 aliphatic rings. The molecule has 0 aliphatic heterocycles. The van der Waals surface area contributed by atoms with Gasteiger partial charge in [-0.05, 0) is 17.7 Å². The fourth-order valence-corrected chi connectivity index (χ4v) is 2.62. The second-order valence-corrected chi connectivity index (χ2v) is 5.42. The van der Waals surface area contributed by atoms with Crippen LogP contribution in [0, 0.1) is 0 Å². The summed E-state index contributed by atoms with van der Waals surface area (Å²) >= 11 is 0. The molecule has 2 aromatic rings. The van der Waals surface area contributed by atoms with Crippen LogP contribution in [0.4, 0.5) is 0 Å². The van der Waals surface area contributed by atoms with Gasteiger partial charge in [0.2, 0.25) is 17.2 Å². The van der Waals surface area contributed by atoms with Crippen LogP contribution < -0.4 is 23.7 Å². The number of ether oxygens (including phenoxy) is 6. The Morgan fingerprint density at radius 3 is 1.96 bits per heavy atom. The second kappa shape index (κ2) is 9.05. The molecule has 0 atom stereocenters. The van der Waals surface area contributed by atoms with Crippen LogP contribution in [-0.4, -0.2) is 51.7 Å². The zero-order valence-corrected chi connectivity index (χ0v) is 16.2. The molecule has 28 heavy (non-hydrogen) atoms. The lowest BCUT2D eigenvalue weighted by Gasteiger charge is -2.20. The minimum Gasteiger partial charge on any atom is -0.504 e. The van der Waals surface area contributed by atoms with E-state index in [0.717, 1.165) is 0 Å². The van der Waals surface area contributed by atoms with E-state index in [2.05, 4.69) is 0 Å². The first kappa shape index (κ1) is 21.0. The topological polar surface area (TPSA) is 113 Å². The van der Waals surface area contributed by atoms with Gasteiger partial charge in [-0.3, -0.25) is 0 Å². The van der Waals surface area contributed by atoms with Crippen molar-refractivity contribution >= 4 is 5.97 Å². The van der Waals surface area contributed by atoms with E-state index in [-0.39, 0.29) is 52.4 Å². The average molecular weight is 394 g/mol. The van der Waals surface area contributed by atoms with Crippen LogP contribution in [-0.2, 0) is 11.3 Å². The average Bonchev–Trinajstić information content (AvgIpc) is 2.71. The first-order valence-electron chi connectivity index (χ1n) is 8.05. The SMILES string of the molecule is COC(=O)c1cc(OC)c(OC)c(OC)c1Oc1cc(CO)cc(O)c1OC. The molecule has 0 aliphatic carbocycles. The molecule has 0 saturated carbocycles. The van der Waals surface area contributed by atoms with Crippen molar-refractivity contribution in [2.24, 2.45) is 0 Å². The van der Waals surface area contributed by atoms with E-state index in [4.69, 9.17) is 28.4 Å². The van der Waals surface area contributed by atoms with Crippen LogP contribution in [0.3, 0.4) is 0 Å². The van der Waals surface area contributed by atoms with E-state index in [1.807, 2.05) is 0 Å². The van der Waals surface area contributed by atoms with Crippen molar-refractivity contribution < 1.29 is 43.4 Å². The second-order valence-electron chi connectivity index (χ2n) is 5.42. The Kier molecular flexibility index (Phi) is 6.78. The summed E-state index contributed by atoms with van der Waals surface area (Å²) in [6.45, 7) is -0.346. The van der Waals surface area contributed by atoms with Gasteiger partial charge in [-0.1, -0.05) is 0 Å². The number of aliphatic hydroxyl groups excluding tert-OH is 1. The molecular weight excluding hydrogens is 372 g/mol. The molecular formula is C19H22O9. The Morgan fingerprint density at radius 1 is 0.821 bits per heavy atom. The fraction of sp³-hybridized carbons (Fsp3) is 0.316. The normalized spacial score (nSPS) is 10.2. The number of carbonyl (C=O) groups is 1. The molecule has 0 amide bonds. The predicted molar refractivity (Wildman–Crippen MR) is 98.1 cm³/mol. The molecule has 2 N–H and O–H groups in total. The van der Waals surface area contributed by atoms with Gasteiger partial charge < -0.3 is 38.6 Å². The van der Waals surface area contributed by atoms with Crippen molar-refractivity contribution in [2.75, 3.05) is 35.5 Å². The summed E-state index contributed by atoms with van der Waals surface area (Å²) in [7, 11) is 6.73. The van der Waals surface area contributed by atoms with E-state index in [1.54, 1.807) is 0 Å². The third-order valence-corrected chi connectivity index (χ3v) is 3.88. The van der Waals surface area contributed by atoms with Crippen molar-refractivity contribution in [1.29, 1.82) is 0 Å². The molecule has 2 aromatic carbocycles. The van der Waals surface area contributed by atoms with Gasteiger partial charge in [0.05, 0.1) is 42.2 Å². The van der Waals surface area contributed by atoms with Crippen molar-refractivity contribution in [3.8, 4) is 40.2 Å². The Hall–Kier alpha value is -3.33. The smallest absolute Gasteiger partial charge is 0.341 e. The minimum absolute atomic E-state index is 0.00449. The standard InChI is InChI=1S/C19H22O9/c1-23-13-8-11(19(22)27-5)15(18(26-4)17(13)25-3)28-14-7-10(9-20)6-12(21)16(14)24-2/h6-8,20-21H,9H2,1-5H3. The monoisotopic (exact) mass is 394 g/mol. The molecule has 9 nitrogen and oxygen atoms in total. The van der Waals surface area contributed by atoms with E-state index < -0.39 is 5.97 Å². The van der Waals surface area contributed by atoms with Crippen LogP contribution >= 0.6 is 0 Å². The third-order valence-electron chi connectivity index (χ3n) is 3.88. The zero-order valence-electron chi connectivity index (χ0n) is 16.2. The van der Waals surface area contributed by atoms with E-state index in [1.165, 1.54) is 53.7 Å². The zero-order chi connectivity index (χ0) is 20.8. The summed E-state index contributed by atoms with van der Waals surface area (Å²) < 4.78 is 31.9. The lowest BCUT2D eigenvalue weighted by Crippen LogP contribution is -2.08. The largest absolute Gasteiger partial charge is 0.504 e. The van der Waals surface area contributed by atoms with Crippen molar-refractivity contribution in [3.63, 3.8) is 0 Å². The van der Waals surface area contributed by atoms with Gasteiger partial charge in [0.15, 0.2) is 23.0 Å². The van der Waals surface area contributed by atoms with Crippen molar-refractivity contribution in [3.05, 3.63) is 29.3 Å². The molecule has 0 aromatic heterocycles. The minimum atomic E-state index is -0.712. The number of rotatable bonds is 8. The van der Waals surface area contributed by atoms with Crippen LogP contribution in [0.25, 0.3) is 0 Å². The maximum Gasteiger partial charge on any atom is 0.341 e. The molecule has 0 heterocycles. The third kappa shape index (κ3) is 3.84. The molecule has 0 fully saturated rings. The van der Waals surface area contributed by atoms with Gasteiger partial charge in [-0.25, -0.2) is 4.79 Å². The lowest BCUT2D eigenvalue weighted by atomic mass is 10.1. The summed E-state index contributed by atoms with van der Waals surface area (Å²) in [5.74, 6) is -0.468. The molecule has 2 rings (SSSR count). The molecule has 0 unspecified atom stereocenters. The highest BCUT2D eigenvalue weighted by molar-refractivity contribution is 5.95. The number of carbonyl (C=O) groups excluding carboxylic acids is 1. The highest BCUT2D eigenvalue weighted by Crippen LogP contribution is 2.50. The number of hydrogen-bond acceptors (Lipinski definition) is 9. The maximum atomic E-state index is 12.3. The summed E-state index contributed by atoms with van der Waals surface area (Å²) in [4.78, 5) is 12.3. The molecule has 0 spiro atoms. The Bertz CT molecular complexity index is 861. The van der Waals surface area contributed by atoms with Crippen LogP contribution in [0.5, 0.6) is 40.2 Å². The highest BCUT2D eigenvalue weighted by atomic mass is 16.6. The molecule has 9 heteroatoms. The number of methoxy groups -OCH3 is 5. The Morgan fingerprint density at radius 2 is 1.46 bits per heavy atom. The number of esters is 1. The number of aromatic hydroxyl groups is 1. The predicted octanol–water partition coefficient (Wildman–Crippen LogP) is 2.50. The first-order chi connectivity index (χ1) is 13.4. The van der Waals surface area contributed by atoms with Crippen LogP contribution in [0.15, 0.2) is 18.2 Å². The van der Waals surface area contributed by atoms with E-state index in [9.17, 15) is 15.0 Å². The van der Waals surface area contributed by atoms with Crippen LogP contribution in [0.2, 0.25) is 0 Å². The number of phenols is 1. The summed E-state index contributed by atoms with van der Waals surface area (Å²) in [5, 5.41) is 19.5. The molecule has 152 valence electrons. The fourth-order valence-electron chi connectivity index (χ4n) is 2.62. The van der Waals surface area contributed by atoms with Crippen molar-refractivity contribution in [2.45, 2.75) is 6.61 Å². The van der Waals surface area contributed by atoms with Gasteiger partial charge in [0.25, 0.3) is 0 Å². The van der Waals surface area contributed by atoms with Gasteiger partial charge in [-0.2, -0.15) is 0 Å². The van der Waals surface area contributed by atoms with Gasteiger partial charge in [0, 0.05) is 6.07 Å². The van der Waals surface area contributed by atoms with Gasteiger partial charge in [0.1, 0.15) is 5.56 Å². The molecule has 0 bridgehead atoms. The Labute approximate surface area is 161 Å². The first-order valence-corrected chi connectivity index (χ1v) is 8.05. The maximum absolute atomic E-state index is 12.3. The number of phenolic OH excluding ortho intramolecular Hbond substituents is 1. The van der Waals surface area contributed by atoms with Gasteiger partial charge in [-0.15, -0.1) is 0 Å². The van der Waals surface area contributed by atoms with Crippen molar-refractivity contribution in [1.82, 2.24) is 0 Å². The lowest BCUT2D eigenvalue weighted by molar-refractivity contribution is 0.0596. The molecule has 0 radical (unpaired) electrons. The van der Waals surface area contributed by atoms with E-state index >= 15 is 0 Å². The van der Waals surface area contributed by atoms with Gasteiger partial charge >= 0.3 is 5.97 Å². The summed E-state index contributed by atoms with van der Waals surface area (Å²) in [6, 6.07) is 4.17. The summed E-state index contributed by atoms with van der Waals surface area (Å²) in [6.07, 6.45) is 0. The number of hydrogen-bond donors (Lipinski definition) is 2. The van der Waals surface area contributed by atoms with E-state index in [0.29, 0.717) is 5.56 Å². The quantitative estimate of drug-likeness (QED) is 0.652. The number of benzene rings is 2.